The summed E-state index contributed by atoms with van der Waals surface area (Å²) < 4.78 is 12.0. The molecule has 2 aliphatic heterocycles. The smallest absolute Gasteiger partial charge is 0.329 e. The fourth-order valence-corrected chi connectivity index (χ4v) is 6.37. The van der Waals surface area contributed by atoms with Crippen molar-refractivity contribution in [1.29, 1.82) is 0 Å². The largest absolute Gasteiger partial charge is 0.459 e. The molecule has 0 aromatic heterocycles. The average Bonchev–Trinajstić information content (AvgIpc) is 2.94. The fraction of sp³-hybridized carbons (Fsp3) is 0.667. The number of fused-ring (bicyclic) bond motifs is 1. The minimum absolute atomic E-state index is 0.00698. The van der Waals surface area contributed by atoms with Crippen molar-refractivity contribution in [3.8, 4) is 0 Å². The molecule has 1 aromatic rings. The number of amides is 1. The van der Waals surface area contributed by atoms with E-state index in [1.165, 1.54) is 4.90 Å². The molecule has 2 aliphatic rings. The number of hydrogen-bond acceptors (Lipinski definition) is 6. The van der Waals surface area contributed by atoms with Crippen LogP contribution in [0.1, 0.15) is 40.2 Å². The molecule has 2 fully saturated rings. The molecule has 33 heavy (non-hydrogen) atoms. The second kappa shape index (κ2) is 9.17. The summed E-state index contributed by atoms with van der Waals surface area (Å²) in [7, 11) is -2.11. The van der Waals surface area contributed by atoms with Crippen LogP contribution in [0.2, 0.25) is 18.1 Å². The summed E-state index contributed by atoms with van der Waals surface area (Å²) >= 11 is 0. The van der Waals surface area contributed by atoms with Crippen molar-refractivity contribution < 1.29 is 23.7 Å². The molecule has 0 aliphatic carbocycles. The molecule has 2 heterocycles. The van der Waals surface area contributed by atoms with Crippen LogP contribution in [-0.2, 0) is 25.4 Å². The van der Waals surface area contributed by atoms with Gasteiger partial charge in [-0.2, -0.15) is 0 Å². The zero-order chi connectivity index (χ0) is 24.7. The molecule has 1 amide bonds. The monoisotopic (exact) mass is 476 g/mol. The topological polar surface area (TPSA) is 99.0 Å². The van der Waals surface area contributed by atoms with Crippen molar-refractivity contribution >= 4 is 20.2 Å². The SMILES string of the molecule is C[C@@H]1[C@@H](C[N+](=O)[O-])[C@@H](C(=O)OCc2ccccc2)N2C(=O)[C@H]([C@@H](C)O[Si](C)(C)C(C)(C)C)[C@@H]12. The minimum atomic E-state index is -2.11. The van der Waals surface area contributed by atoms with E-state index >= 15 is 0 Å². The van der Waals surface area contributed by atoms with E-state index in [1.54, 1.807) is 0 Å². The zero-order valence-corrected chi connectivity index (χ0v) is 21.6. The van der Waals surface area contributed by atoms with Crippen molar-refractivity contribution in [2.24, 2.45) is 17.8 Å². The number of nitrogens with zero attached hydrogens (tertiary/aromatic N) is 2. The first-order valence-corrected chi connectivity index (χ1v) is 14.5. The predicted molar refractivity (Wildman–Crippen MR) is 126 cm³/mol. The van der Waals surface area contributed by atoms with Gasteiger partial charge in [0.1, 0.15) is 12.6 Å². The van der Waals surface area contributed by atoms with E-state index in [1.807, 2.05) is 44.2 Å². The molecule has 182 valence electrons. The number of nitro groups is 1. The summed E-state index contributed by atoms with van der Waals surface area (Å²) in [6.07, 6.45) is -0.322. The van der Waals surface area contributed by atoms with Gasteiger partial charge in [-0.15, -0.1) is 0 Å². The maximum Gasteiger partial charge on any atom is 0.329 e. The Hall–Kier alpha value is -2.26. The lowest BCUT2D eigenvalue weighted by Crippen LogP contribution is -2.67. The molecule has 3 rings (SSSR count). The number of ether oxygens (including phenoxy) is 1. The molecule has 0 N–H and O–H groups in total. The zero-order valence-electron chi connectivity index (χ0n) is 20.6. The van der Waals surface area contributed by atoms with Gasteiger partial charge in [0.15, 0.2) is 8.32 Å². The third kappa shape index (κ3) is 4.84. The Morgan fingerprint density at radius 3 is 2.39 bits per heavy atom. The molecule has 0 spiro atoms. The third-order valence-electron chi connectivity index (χ3n) is 7.77. The molecular weight excluding hydrogens is 440 g/mol. The van der Waals surface area contributed by atoms with Gasteiger partial charge >= 0.3 is 5.97 Å². The van der Waals surface area contributed by atoms with Crippen LogP contribution >= 0.6 is 0 Å². The lowest BCUT2D eigenvalue weighted by Gasteiger charge is -2.50. The highest BCUT2D eigenvalue weighted by Gasteiger charge is 2.66. The Kier molecular flexibility index (Phi) is 7.05. The van der Waals surface area contributed by atoms with Gasteiger partial charge in [-0.25, -0.2) is 4.79 Å². The van der Waals surface area contributed by atoms with Crippen LogP contribution in [0.15, 0.2) is 30.3 Å². The van der Waals surface area contributed by atoms with E-state index in [4.69, 9.17) is 9.16 Å². The first-order valence-electron chi connectivity index (χ1n) is 11.6. The van der Waals surface area contributed by atoms with E-state index in [-0.39, 0.29) is 42.2 Å². The van der Waals surface area contributed by atoms with E-state index in [9.17, 15) is 19.7 Å². The quantitative estimate of drug-likeness (QED) is 0.186. The standard InChI is InChI=1S/C24H36N2O6Si/c1-15-18(13-25(29)30)21(23(28)31-14-17-11-9-8-10-12-17)26-20(15)19(22(26)27)16(2)32-33(6,7)24(3,4)5/h8-12,15-16,18-21H,13-14H2,1-7H3/t15-,16-,18-,19-,20-,21+/m1/s1. The number of benzene rings is 1. The molecule has 0 unspecified atom stereocenters. The van der Waals surface area contributed by atoms with Gasteiger partial charge in [-0.1, -0.05) is 58.0 Å². The van der Waals surface area contributed by atoms with E-state index in [0.717, 1.165) is 5.56 Å². The third-order valence-corrected chi connectivity index (χ3v) is 12.3. The van der Waals surface area contributed by atoms with E-state index < -0.39 is 37.1 Å². The van der Waals surface area contributed by atoms with E-state index in [0.29, 0.717) is 0 Å². The average molecular weight is 477 g/mol. The van der Waals surface area contributed by atoms with Crippen LogP contribution in [0.4, 0.5) is 0 Å². The maximum absolute atomic E-state index is 13.3. The number of esters is 1. The van der Waals surface area contributed by atoms with E-state index in [2.05, 4.69) is 33.9 Å². The number of carbonyl (C=O) groups excluding carboxylic acids is 2. The number of carbonyl (C=O) groups is 2. The Morgan fingerprint density at radius 2 is 1.85 bits per heavy atom. The lowest BCUT2D eigenvalue weighted by atomic mass is 9.77. The summed E-state index contributed by atoms with van der Waals surface area (Å²) in [5.41, 5.74) is 0.823. The Labute approximate surface area is 196 Å². The molecule has 9 heteroatoms. The second-order valence-electron chi connectivity index (χ2n) is 10.9. The predicted octanol–water partition coefficient (Wildman–Crippen LogP) is 3.88. The molecule has 8 nitrogen and oxygen atoms in total. The Balaban J connectivity index is 1.79. The highest BCUT2D eigenvalue weighted by molar-refractivity contribution is 6.74. The number of β-lactam (4-membered cyclic amide) rings is 1. The summed E-state index contributed by atoms with van der Waals surface area (Å²) in [6, 6.07) is 8.03. The number of rotatable bonds is 8. The molecule has 2 saturated heterocycles. The van der Waals surface area contributed by atoms with Crippen LogP contribution in [0, 0.1) is 27.9 Å². The van der Waals surface area contributed by atoms with Gasteiger partial charge in [-0.05, 0) is 36.5 Å². The normalized spacial score (nSPS) is 28.2. The van der Waals surface area contributed by atoms with Gasteiger partial charge in [0.05, 0.1) is 17.9 Å². The van der Waals surface area contributed by atoms with Crippen LogP contribution in [0.3, 0.4) is 0 Å². The summed E-state index contributed by atoms with van der Waals surface area (Å²) in [5.74, 6) is -1.97. The maximum atomic E-state index is 13.3. The molecule has 0 radical (unpaired) electrons. The van der Waals surface area contributed by atoms with Crippen LogP contribution in [0.25, 0.3) is 0 Å². The fourth-order valence-electron chi connectivity index (χ4n) is 4.94. The molecule has 6 atom stereocenters. The van der Waals surface area contributed by atoms with Gasteiger partial charge in [-0.3, -0.25) is 14.9 Å². The van der Waals surface area contributed by atoms with Crippen molar-refractivity contribution in [3.05, 3.63) is 46.0 Å². The highest BCUT2D eigenvalue weighted by Crippen LogP contribution is 2.50. The minimum Gasteiger partial charge on any atom is -0.459 e. The van der Waals surface area contributed by atoms with Gasteiger partial charge in [0.2, 0.25) is 12.5 Å². The second-order valence-corrected chi connectivity index (χ2v) is 15.7. The van der Waals surface area contributed by atoms with Crippen LogP contribution < -0.4 is 0 Å². The van der Waals surface area contributed by atoms with Gasteiger partial charge in [0, 0.05) is 11.0 Å². The first-order chi connectivity index (χ1) is 15.3. The van der Waals surface area contributed by atoms with Crippen molar-refractivity contribution in [2.45, 2.75) is 77.5 Å². The summed E-state index contributed by atoms with van der Waals surface area (Å²) in [4.78, 5) is 38.9. The van der Waals surface area contributed by atoms with Crippen LogP contribution in [0.5, 0.6) is 0 Å². The first kappa shape index (κ1) is 25.4. The summed E-state index contributed by atoms with van der Waals surface area (Å²) in [6.45, 7) is 14.2. The van der Waals surface area contributed by atoms with Gasteiger partial charge < -0.3 is 14.1 Å². The lowest BCUT2D eigenvalue weighted by molar-refractivity contribution is -0.489. The van der Waals surface area contributed by atoms with Gasteiger partial charge in [0.25, 0.3) is 0 Å². The highest BCUT2D eigenvalue weighted by atomic mass is 28.4. The summed E-state index contributed by atoms with van der Waals surface area (Å²) in [5, 5.41) is 11.4. The molecular formula is C24H36N2O6Si. The molecule has 1 aromatic carbocycles. The van der Waals surface area contributed by atoms with Crippen molar-refractivity contribution in [1.82, 2.24) is 4.90 Å². The number of hydrogen-bond donors (Lipinski definition) is 0. The molecule has 0 saturated carbocycles. The Bertz CT molecular complexity index is 900. The Morgan fingerprint density at radius 1 is 1.24 bits per heavy atom. The van der Waals surface area contributed by atoms with Crippen LogP contribution in [-0.4, -0.2) is 54.7 Å². The molecule has 0 bridgehead atoms. The van der Waals surface area contributed by atoms with Crippen molar-refractivity contribution in [2.75, 3.05) is 6.54 Å². The van der Waals surface area contributed by atoms with Crippen molar-refractivity contribution in [3.63, 3.8) is 0 Å².